The van der Waals surface area contributed by atoms with Gasteiger partial charge >= 0.3 is 0 Å². The highest BCUT2D eigenvalue weighted by atomic mass is 79.9. The second-order valence-corrected chi connectivity index (χ2v) is 7.48. The number of benzene rings is 2. The van der Waals surface area contributed by atoms with E-state index in [0.29, 0.717) is 17.2 Å². The molecule has 0 aliphatic heterocycles. The van der Waals surface area contributed by atoms with Gasteiger partial charge in [-0.3, -0.25) is 0 Å². The van der Waals surface area contributed by atoms with Gasteiger partial charge in [-0.05, 0) is 30.3 Å². The quantitative estimate of drug-likeness (QED) is 0.752. The van der Waals surface area contributed by atoms with Crippen LogP contribution in [0, 0.1) is 0 Å². The van der Waals surface area contributed by atoms with E-state index in [4.69, 9.17) is 14.2 Å². The van der Waals surface area contributed by atoms with Crippen molar-refractivity contribution in [1.29, 1.82) is 0 Å². The Balaban J connectivity index is 2.25. The van der Waals surface area contributed by atoms with Gasteiger partial charge in [-0.25, -0.2) is 13.1 Å². The van der Waals surface area contributed by atoms with E-state index < -0.39 is 10.0 Å². The van der Waals surface area contributed by atoms with Gasteiger partial charge in [0.15, 0.2) is 11.5 Å². The van der Waals surface area contributed by atoms with Crippen LogP contribution in [-0.2, 0) is 16.6 Å². The molecule has 8 heteroatoms. The molecule has 0 aromatic heterocycles. The van der Waals surface area contributed by atoms with Gasteiger partial charge in [0.25, 0.3) is 0 Å². The van der Waals surface area contributed by atoms with E-state index in [2.05, 4.69) is 20.7 Å². The number of hydrogen-bond donors (Lipinski definition) is 1. The van der Waals surface area contributed by atoms with Crippen molar-refractivity contribution in [2.45, 2.75) is 11.4 Å². The highest BCUT2D eigenvalue weighted by Gasteiger charge is 2.17. The first-order valence-corrected chi connectivity index (χ1v) is 9.23. The number of sulfonamides is 1. The van der Waals surface area contributed by atoms with Gasteiger partial charge < -0.3 is 14.2 Å². The summed E-state index contributed by atoms with van der Waals surface area (Å²) in [7, 11) is 0.769. The zero-order valence-electron chi connectivity index (χ0n) is 13.5. The van der Waals surface area contributed by atoms with Crippen LogP contribution in [0.2, 0.25) is 0 Å². The van der Waals surface area contributed by atoms with Crippen molar-refractivity contribution in [2.75, 3.05) is 21.3 Å². The predicted molar refractivity (Wildman–Crippen MR) is 94.3 cm³/mol. The molecule has 6 nitrogen and oxygen atoms in total. The van der Waals surface area contributed by atoms with Crippen LogP contribution in [0.25, 0.3) is 0 Å². The second kappa shape index (κ2) is 7.87. The van der Waals surface area contributed by atoms with Crippen molar-refractivity contribution in [3.05, 3.63) is 46.4 Å². The monoisotopic (exact) mass is 415 g/mol. The van der Waals surface area contributed by atoms with Crippen molar-refractivity contribution in [1.82, 2.24) is 4.72 Å². The topological polar surface area (TPSA) is 73.9 Å². The molecule has 0 aliphatic carbocycles. The first-order chi connectivity index (χ1) is 11.4. The lowest BCUT2D eigenvalue weighted by atomic mass is 10.2. The van der Waals surface area contributed by atoms with E-state index in [1.54, 1.807) is 18.2 Å². The maximum atomic E-state index is 12.5. The van der Waals surface area contributed by atoms with Crippen LogP contribution in [-0.4, -0.2) is 29.7 Å². The fraction of sp³-hybridized carbons (Fsp3) is 0.250. The Morgan fingerprint density at radius 2 is 1.54 bits per heavy atom. The lowest BCUT2D eigenvalue weighted by Crippen LogP contribution is -2.23. The average molecular weight is 416 g/mol. The summed E-state index contributed by atoms with van der Waals surface area (Å²) in [4.78, 5) is 0.0918. The van der Waals surface area contributed by atoms with Gasteiger partial charge in [-0.1, -0.05) is 15.9 Å². The fourth-order valence-electron chi connectivity index (χ4n) is 2.13. The lowest BCUT2D eigenvalue weighted by molar-refractivity contribution is 0.354. The summed E-state index contributed by atoms with van der Waals surface area (Å²) < 4.78 is 43.9. The van der Waals surface area contributed by atoms with Crippen molar-refractivity contribution >= 4 is 26.0 Å². The standard InChI is InChI=1S/C16H18BrNO5S/c1-21-14-6-4-12(17)8-11(14)10-18-24(19,20)13-5-7-15(22-2)16(9-13)23-3/h4-9,18H,10H2,1-3H3. The molecule has 0 bridgehead atoms. The molecular formula is C16H18BrNO5S. The summed E-state index contributed by atoms with van der Waals surface area (Å²) in [6.45, 7) is 0.0965. The van der Waals surface area contributed by atoms with E-state index >= 15 is 0 Å². The number of halogens is 1. The van der Waals surface area contributed by atoms with Crippen LogP contribution in [0.1, 0.15) is 5.56 Å². The molecule has 2 aromatic carbocycles. The molecule has 2 aromatic rings. The number of rotatable bonds is 7. The molecule has 24 heavy (non-hydrogen) atoms. The summed E-state index contributed by atoms with van der Waals surface area (Å²) >= 11 is 3.36. The third kappa shape index (κ3) is 4.19. The Kier molecular flexibility index (Phi) is 6.09. The molecule has 2 rings (SSSR count). The molecule has 0 unspecified atom stereocenters. The minimum atomic E-state index is -3.71. The first-order valence-electron chi connectivity index (χ1n) is 6.95. The van der Waals surface area contributed by atoms with E-state index in [0.717, 1.165) is 10.0 Å². The van der Waals surface area contributed by atoms with Crippen LogP contribution < -0.4 is 18.9 Å². The molecule has 0 saturated carbocycles. The Labute approximate surface area is 149 Å². The molecule has 0 heterocycles. The number of nitrogens with one attached hydrogen (secondary N) is 1. The van der Waals surface area contributed by atoms with Gasteiger partial charge in [0.05, 0.1) is 26.2 Å². The summed E-state index contributed by atoms with van der Waals surface area (Å²) in [6, 6.07) is 9.82. The van der Waals surface area contributed by atoms with Crippen molar-refractivity contribution in [3.63, 3.8) is 0 Å². The van der Waals surface area contributed by atoms with Crippen molar-refractivity contribution < 1.29 is 22.6 Å². The first kappa shape index (κ1) is 18.6. The van der Waals surface area contributed by atoms with Gasteiger partial charge in [-0.15, -0.1) is 0 Å². The minimum absolute atomic E-state index is 0.0918. The Morgan fingerprint density at radius 1 is 0.917 bits per heavy atom. The zero-order valence-corrected chi connectivity index (χ0v) is 15.9. The SMILES string of the molecule is COc1ccc(Br)cc1CNS(=O)(=O)c1ccc(OC)c(OC)c1. The maximum Gasteiger partial charge on any atom is 0.241 e. The molecule has 0 atom stereocenters. The summed E-state index contributed by atoms with van der Waals surface area (Å²) in [5.41, 5.74) is 0.718. The van der Waals surface area contributed by atoms with E-state index in [-0.39, 0.29) is 11.4 Å². The van der Waals surface area contributed by atoms with Gasteiger partial charge in [0, 0.05) is 22.6 Å². The third-order valence-electron chi connectivity index (χ3n) is 3.36. The van der Waals surface area contributed by atoms with Crippen molar-refractivity contribution in [2.24, 2.45) is 0 Å². The normalized spacial score (nSPS) is 11.2. The largest absolute Gasteiger partial charge is 0.496 e. The summed E-state index contributed by atoms with van der Waals surface area (Å²) in [6.07, 6.45) is 0. The van der Waals surface area contributed by atoms with E-state index in [9.17, 15) is 8.42 Å². The third-order valence-corrected chi connectivity index (χ3v) is 5.25. The smallest absolute Gasteiger partial charge is 0.241 e. The number of methoxy groups -OCH3 is 3. The van der Waals surface area contributed by atoms with Crippen LogP contribution in [0.5, 0.6) is 17.2 Å². The van der Waals surface area contributed by atoms with Crippen molar-refractivity contribution in [3.8, 4) is 17.2 Å². The predicted octanol–water partition coefficient (Wildman–Crippen LogP) is 2.95. The molecule has 0 aliphatic rings. The Bertz CT molecular complexity index is 823. The van der Waals surface area contributed by atoms with E-state index in [1.165, 1.54) is 33.5 Å². The molecule has 0 fully saturated rings. The lowest BCUT2D eigenvalue weighted by Gasteiger charge is -2.12. The fourth-order valence-corrected chi connectivity index (χ4v) is 3.56. The summed E-state index contributed by atoms with van der Waals surface area (Å²) in [5.74, 6) is 1.42. The van der Waals surface area contributed by atoms with E-state index in [1.807, 2.05) is 6.07 Å². The van der Waals surface area contributed by atoms with Crippen LogP contribution >= 0.6 is 15.9 Å². The van der Waals surface area contributed by atoms with Gasteiger partial charge in [0.2, 0.25) is 10.0 Å². The highest BCUT2D eigenvalue weighted by molar-refractivity contribution is 9.10. The van der Waals surface area contributed by atoms with Gasteiger partial charge in [0.1, 0.15) is 5.75 Å². The molecule has 0 spiro atoms. The number of ether oxygens (including phenoxy) is 3. The molecule has 130 valence electrons. The Morgan fingerprint density at radius 3 is 2.17 bits per heavy atom. The van der Waals surface area contributed by atoms with Crippen LogP contribution in [0.4, 0.5) is 0 Å². The Hall–Kier alpha value is -1.77. The van der Waals surface area contributed by atoms with Gasteiger partial charge in [-0.2, -0.15) is 0 Å². The molecule has 0 radical (unpaired) electrons. The zero-order chi connectivity index (χ0) is 17.7. The van der Waals surface area contributed by atoms with Crippen LogP contribution in [0.15, 0.2) is 45.8 Å². The average Bonchev–Trinajstić information content (AvgIpc) is 2.59. The maximum absolute atomic E-state index is 12.5. The summed E-state index contributed by atoms with van der Waals surface area (Å²) in [5, 5.41) is 0. The molecular weight excluding hydrogens is 398 g/mol. The second-order valence-electron chi connectivity index (χ2n) is 4.80. The molecule has 1 N–H and O–H groups in total. The highest BCUT2D eigenvalue weighted by Crippen LogP contribution is 2.29. The molecule has 0 saturated heterocycles. The molecule has 0 amide bonds. The minimum Gasteiger partial charge on any atom is -0.496 e. The number of hydrogen-bond acceptors (Lipinski definition) is 5. The van der Waals surface area contributed by atoms with Crippen LogP contribution in [0.3, 0.4) is 0 Å².